The van der Waals surface area contributed by atoms with Crippen molar-refractivity contribution < 1.29 is 19.2 Å². The van der Waals surface area contributed by atoms with Gasteiger partial charge in [-0.15, -0.1) is 0 Å². The van der Waals surface area contributed by atoms with Crippen molar-refractivity contribution in [2.75, 3.05) is 39.2 Å². The predicted octanol–water partition coefficient (Wildman–Crippen LogP) is 0.711. The molecule has 1 aromatic carbocycles. The maximum atomic E-state index is 12.1. The van der Waals surface area contributed by atoms with E-state index in [1.807, 2.05) is 6.07 Å². The van der Waals surface area contributed by atoms with E-state index >= 15 is 0 Å². The highest BCUT2D eigenvalue weighted by Gasteiger charge is 2.18. The van der Waals surface area contributed by atoms with Crippen molar-refractivity contribution >= 4 is 11.6 Å². The van der Waals surface area contributed by atoms with Gasteiger partial charge in [0, 0.05) is 6.07 Å². The lowest BCUT2D eigenvalue weighted by Crippen LogP contribution is -3.13. The quantitative estimate of drug-likeness (QED) is 0.835. The van der Waals surface area contributed by atoms with E-state index < -0.39 is 0 Å². The van der Waals surface area contributed by atoms with Crippen LogP contribution < -0.4 is 19.7 Å². The minimum atomic E-state index is 0.0327. The van der Waals surface area contributed by atoms with E-state index in [2.05, 4.69) is 5.32 Å². The van der Waals surface area contributed by atoms with Crippen LogP contribution >= 0.6 is 0 Å². The number of quaternary nitrogens is 1. The smallest absolute Gasteiger partial charge is 0.279 e. The van der Waals surface area contributed by atoms with Crippen molar-refractivity contribution in [1.82, 2.24) is 0 Å². The third-order valence-electron chi connectivity index (χ3n) is 3.65. The summed E-state index contributed by atoms with van der Waals surface area (Å²) in [5.74, 6) is 1.36. The molecule has 1 aliphatic rings. The van der Waals surface area contributed by atoms with E-state index in [0.717, 1.165) is 13.1 Å². The fourth-order valence-corrected chi connectivity index (χ4v) is 2.55. The number of rotatable bonds is 5. The van der Waals surface area contributed by atoms with E-state index in [9.17, 15) is 4.79 Å². The molecule has 5 nitrogen and oxygen atoms in total. The van der Waals surface area contributed by atoms with Crippen molar-refractivity contribution in [1.29, 1.82) is 0 Å². The van der Waals surface area contributed by atoms with Crippen LogP contribution in [-0.4, -0.2) is 39.8 Å². The summed E-state index contributed by atoms with van der Waals surface area (Å²) in [7, 11) is 3.19. The van der Waals surface area contributed by atoms with Crippen molar-refractivity contribution in [2.45, 2.75) is 19.3 Å². The van der Waals surface area contributed by atoms with Gasteiger partial charge in [-0.1, -0.05) is 0 Å². The van der Waals surface area contributed by atoms with Crippen molar-refractivity contribution in [3.8, 4) is 11.5 Å². The Morgan fingerprint density at radius 3 is 2.60 bits per heavy atom. The van der Waals surface area contributed by atoms with Crippen molar-refractivity contribution in [2.24, 2.45) is 0 Å². The van der Waals surface area contributed by atoms with Gasteiger partial charge in [0.25, 0.3) is 5.91 Å². The first-order chi connectivity index (χ1) is 9.72. The average Bonchev–Trinajstić information content (AvgIpc) is 2.48. The first kappa shape index (κ1) is 14.7. The molecule has 0 spiro atoms. The number of carbonyl (C=O) groups is 1. The Hall–Kier alpha value is -1.75. The highest BCUT2D eigenvalue weighted by molar-refractivity contribution is 5.93. The molecule has 1 fully saturated rings. The fraction of sp³-hybridized carbons (Fsp3) is 0.533. The van der Waals surface area contributed by atoms with E-state index in [0.29, 0.717) is 23.7 Å². The van der Waals surface area contributed by atoms with Crippen molar-refractivity contribution in [3.63, 3.8) is 0 Å². The standard InChI is InChI=1S/C15H22N2O3/c1-19-12-6-7-13(14(10-12)20-2)16-15(18)11-17-8-4-3-5-9-17/h6-7,10H,3-5,8-9,11H2,1-2H3,(H,16,18)/p+1. The predicted molar refractivity (Wildman–Crippen MR) is 77.6 cm³/mol. The molecule has 0 aliphatic carbocycles. The zero-order valence-corrected chi connectivity index (χ0v) is 12.2. The molecule has 0 aromatic heterocycles. The van der Waals surface area contributed by atoms with Crippen LogP contribution in [0.15, 0.2) is 18.2 Å². The van der Waals surface area contributed by atoms with Crippen LogP contribution in [0.1, 0.15) is 19.3 Å². The first-order valence-electron chi connectivity index (χ1n) is 7.08. The number of benzene rings is 1. The second-order valence-corrected chi connectivity index (χ2v) is 5.10. The zero-order valence-electron chi connectivity index (χ0n) is 12.2. The first-order valence-corrected chi connectivity index (χ1v) is 7.08. The molecule has 2 N–H and O–H groups in total. The minimum absolute atomic E-state index is 0.0327. The van der Waals surface area contributed by atoms with Gasteiger partial charge in [0.2, 0.25) is 0 Å². The van der Waals surface area contributed by atoms with Gasteiger partial charge < -0.3 is 19.7 Å². The molecule has 0 bridgehead atoms. The molecule has 1 aliphatic heterocycles. The number of hydrogen-bond donors (Lipinski definition) is 2. The minimum Gasteiger partial charge on any atom is -0.497 e. The molecule has 0 saturated carbocycles. The van der Waals surface area contributed by atoms with Gasteiger partial charge in [-0.3, -0.25) is 4.79 Å². The summed E-state index contributed by atoms with van der Waals surface area (Å²) in [6.07, 6.45) is 3.72. The molecule has 5 heteroatoms. The van der Waals surface area contributed by atoms with Crippen molar-refractivity contribution in [3.05, 3.63) is 18.2 Å². The van der Waals surface area contributed by atoms with Crippen LogP contribution in [0.2, 0.25) is 0 Å². The molecule has 1 aromatic rings. The van der Waals surface area contributed by atoms with E-state index in [1.54, 1.807) is 26.4 Å². The molecule has 0 atom stereocenters. The average molecular weight is 279 g/mol. The van der Waals surface area contributed by atoms with Crippen LogP contribution in [0.3, 0.4) is 0 Å². The molecular weight excluding hydrogens is 256 g/mol. The number of carbonyl (C=O) groups excluding carboxylic acids is 1. The SMILES string of the molecule is COc1ccc(NC(=O)C[NH+]2CCCCC2)c(OC)c1. The zero-order chi connectivity index (χ0) is 14.4. The summed E-state index contributed by atoms with van der Waals surface area (Å²) in [5, 5.41) is 2.92. The van der Waals surface area contributed by atoms with Gasteiger partial charge in [0.05, 0.1) is 33.0 Å². The van der Waals surface area contributed by atoms with Crippen LogP contribution in [0.4, 0.5) is 5.69 Å². The second kappa shape index (κ2) is 7.14. The summed E-state index contributed by atoms with van der Waals surface area (Å²) >= 11 is 0. The summed E-state index contributed by atoms with van der Waals surface area (Å²) in [5.41, 5.74) is 0.690. The number of amides is 1. The molecular formula is C15H23N2O3+. The summed E-state index contributed by atoms with van der Waals surface area (Å²) < 4.78 is 10.4. The van der Waals surface area contributed by atoms with E-state index in [-0.39, 0.29) is 5.91 Å². The Balaban J connectivity index is 1.96. The topological polar surface area (TPSA) is 52.0 Å². The van der Waals surface area contributed by atoms with Gasteiger partial charge in [0.1, 0.15) is 11.5 Å². The van der Waals surface area contributed by atoms with Gasteiger partial charge in [0.15, 0.2) is 6.54 Å². The number of piperidine rings is 1. The number of hydrogen-bond acceptors (Lipinski definition) is 3. The molecule has 20 heavy (non-hydrogen) atoms. The van der Waals surface area contributed by atoms with E-state index in [4.69, 9.17) is 9.47 Å². The largest absolute Gasteiger partial charge is 0.497 e. The van der Waals surface area contributed by atoms with Crippen LogP contribution in [0.25, 0.3) is 0 Å². The fourth-order valence-electron chi connectivity index (χ4n) is 2.55. The summed E-state index contributed by atoms with van der Waals surface area (Å²) in [6.45, 7) is 2.70. The molecule has 110 valence electrons. The molecule has 1 amide bonds. The third-order valence-corrected chi connectivity index (χ3v) is 3.65. The number of anilines is 1. The third kappa shape index (κ3) is 3.87. The molecule has 2 rings (SSSR count). The summed E-state index contributed by atoms with van der Waals surface area (Å²) in [4.78, 5) is 13.4. The number of ether oxygens (including phenoxy) is 2. The highest BCUT2D eigenvalue weighted by atomic mass is 16.5. The lowest BCUT2D eigenvalue weighted by atomic mass is 10.1. The van der Waals surface area contributed by atoms with Gasteiger partial charge in [-0.2, -0.15) is 0 Å². The van der Waals surface area contributed by atoms with Gasteiger partial charge >= 0.3 is 0 Å². The van der Waals surface area contributed by atoms with Crippen LogP contribution in [0, 0.1) is 0 Å². The van der Waals surface area contributed by atoms with Gasteiger partial charge in [-0.25, -0.2) is 0 Å². The summed E-state index contributed by atoms with van der Waals surface area (Å²) in [6, 6.07) is 5.39. The Labute approximate surface area is 119 Å². The Morgan fingerprint density at radius 2 is 1.95 bits per heavy atom. The number of nitrogens with one attached hydrogen (secondary N) is 2. The second-order valence-electron chi connectivity index (χ2n) is 5.10. The van der Waals surface area contributed by atoms with Crippen LogP contribution in [0.5, 0.6) is 11.5 Å². The molecule has 1 heterocycles. The molecule has 1 saturated heterocycles. The van der Waals surface area contributed by atoms with Gasteiger partial charge in [-0.05, 0) is 31.4 Å². The Kier molecular flexibility index (Phi) is 5.24. The maximum Gasteiger partial charge on any atom is 0.279 e. The maximum absolute atomic E-state index is 12.1. The lowest BCUT2D eigenvalue weighted by molar-refractivity contribution is -0.896. The number of likely N-dealkylation sites (tertiary alicyclic amines) is 1. The number of methoxy groups -OCH3 is 2. The Bertz CT molecular complexity index is 456. The molecule has 0 unspecified atom stereocenters. The normalized spacial score (nSPS) is 15.7. The monoisotopic (exact) mass is 279 g/mol. The Morgan fingerprint density at radius 1 is 1.20 bits per heavy atom. The van der Waals surface area contributed by atoms with E-state index in [1.165, 1.54) is 24.2 Å². The molecule has 0 radical (unpaired) electrons. The lowest BCUT2D eigenvalue weighted by Gasteiger charge is -2.23. The van der Waals surface area contributed by atoms with Crippen LogP contribution in [-0.2, 0) is 4.79 Å². The highest BCUT2D eigenvalue weighted by Crippen LogP contribution is 2.28.